The highest BCUT2D eigenvalue weighted by atomic mass is 32.1. The van der Waals surface area contributed by atoms with Crippen molar-refractivity contribution in [3.63, 3.8) is 0 Å². The van der Waals surface area contributed by atoms with Crippen molar-refractivity contribution < 1.29 is 5.11 Å². The van der Waals surface area contributed by atoms with Gasteiger partial charge < -0.3 is 14.9 Å². The van der Waals surface area contributed by atoms with Crippen molar-refractivity contribution in [1.29, 1.82) is 0 Å². The van der Waals surface area contributed by atoms with Crippen LogP contribution in [0.3, 0.4) is 0 Å². The van der Waals surface area contributed by atoms with Crippen molar-refractivity contribution in [1.82, 2.24) is 14.3 Å². The van der Waals surface area contributed by atoms with Crippen molar-refractivity contribution in [3.05, 3.63) is 17.3 Å². The average molecular weight is 266 g/mol. The van der Waals surface area contributed by atoms with Crippen LogP contribution in [-0.2, 0) is 6.61 Å². The summed E-state index contributed by atoms with van der Waals surface area (Å²) >= 11 is 1.61. The summed E-state index contributed by atoms with van der Waals surface area (Å²) in [5.74, 6) is 0.953. The number of aromatic nitrogens is 2. The molecule has 1 saturated heterocycles. The monoisotopic (exact) mass is 266 g/mol. The molecule has 1 N–H and O–H groups in total. The number of hydrogen-bond donors (Lipinski definition) is 1. The second-order valence-corrected chi connectivity index (χ2v) is 5.82. The minimum absolute atomic E-state index is 0.0381. The van der Waals surface area contributed by atoms with Crippen LogP contribution in [0, 0.1) is 0 Å². The van der Waals surface area contributed by atoms with E-state index in [2.05, 4.69) is 28.9 Å². The van der Waals surface area contributed by atoms with Gasteiger partial charge in [0.15, 0.2) is 10.8 Å². The molecule has 0 bridgehead atoms. The fourth-order valence-corrected chi connectivity index (χ4v) is 3.31. The zero-order chi connectivity index (χ0) is 12.7. The lowest BCUT2D eigenvalue weighted by atomic mass is 10.2. The summed E-state index contributed by atoms with van der Waals surface area (Å²) in [6.07, 6.45) is 3.13. The fraction of sp³-hybridized carbons (Fsp3) is 0.583. The number of aliphatic hydroxyl groups is 1. The molecule has 0 aromatic carbocycles. The number of fused-ring (bicyclic) bond motifs is 1. The van der Waals surface area contributed by atoms with E-state index in [4.69, 9.17) is 0 Å². The smallest absolute Gasteiger partial charge is 0.195 e. The Balaban J connectivity index is 1.92. The van der Waals surface area contributed by atoms with Crippen LogP contribution in [0.4, 0.5) is 5.82 Å². The Morgan fingerprint density at radius 1 is 1.56 bits per heavy atom. The van der Waals surface area contributed by atoms with Gasteiger partial charge in [-0.25, -0.2) is 4.98 Å². The number of hydrogen-bond acceptors (Lipinski definition) is 5. The van der Waals surface area contributed by atoms with Crippen molar-refractivity contribution in [3.8, 4) is 0 Å². The van der Waals surface area contributed by atoms with Gasteiger partial charge in [-0.15, -0.1) is 11.3 Å². The predicted molar refractivity (Wildman–Crippen MR) is 73.3 cm³/mol. The molecule has 3 rings (SSSR count). The Labute approximate surface area is 110 Å². The molecule has 5 nitrogen and oxygen atoms in total. The first-order valence-electron chi connectivity index (χ1n) is 6.17. The molecule has 1 aliphatic heterocycles. The van der Waals surface area contributed by atoms with Crippen LogP contribution < -0.4 is 4.90 Å². The molecule has 2 aromatic rings. The third-order valence-corrected chi connectivity index (χ3v) is 4.44. The lowest BCUT2D eigenvalue weighted by Gasteiger charge is -2.20. The van der Waals surface area contributed by atoms with Crippen molar-refractivity contribution in [2.45, 2.75) is 19.1 Å². The Kier molecular flexibility index (Phi) is 3.01. The van der Waals surface area contributed by atoms with Crippen LogP contribution in [0.2, 0.25) is 0 Å². The van der Waals surface area contributed by atoms with Crippen LogP contribution in [0.5, 0.6) is 0 Å². The summed E-state index contributed by atoms with van der Waals surface area (Å²) in [5, 5.41) is 11.6. The lowest BCUT2D eigenvalue weighted by molar-refractivity contribution is 0.276. The molecule has 0 radical (unpaired) electrons. The maximum Gasteiger partial charge on any atom is 0.195 e. The van der Waals surface area contributed by atoms with E-state index in [1.54, 1.807) is 11.3 Å². The number of nitrogens with zero attached hydrogens (tertiary/aromatic N) is 4. The van der Waals surface area contributed by atoms with Gasteiger partial charge in [0, 0.05) is 30.7 Å². The van der Waals surface area contributed by atoms with Crippen LogP contribution in [-0.4, -0.2) is 52.6 Å². The van der Waals surface area contributed by atoms with Gasteiger partial charge >= 0.3 is 0 Å². The summed E-state index contributed by atoms with van der Waals surface area (Å²) in [6.45, 7) is 2.04. The number of likely N-dealkylation sites (N-methyl/N-ethyl adjacent to an activating group) is 1. The molecule has 0 spiro atoms. The zero-order valence-electron chi connectivity index (χ0n) is 10.7. The molecular formula is C12H18N4OS. The molecule has 0 saturated carbocycles. The van der Waals surface area contributed by atoms with Crippen LogP contribution in [0.25, 0.3) is 4.96 Å². The van der Waals surface area contributed by atoms with Gasteiger partial charge in [-0.05, 0) is 20.5 Å². The first-order chi connectivity index (χ1) is 8.70. The number of aliphatic hydroxyl groups excluding tert-OH is 1. The minimum atomic E-state index is 0.0381. The molecule has 6 heteroatoms. The standard InChI is InChI=1S/C12H18N4OS/c1-14(2)9-3-4-15(7-9)11-10(8-17)16-5-6-18-12(16)13-11/h5-6,9,17H,3-4,7-8H2,1-2H3. The van der Waals surface area contributed by atoms with Gasteiger partial charge in [0.2, 0.25) is 0 Å². The first-order valence-corrected chi connectivity index (χ1v) is 7.05. The number of rotatable bonds is 3. The maximum absolute atomic E-state index is 9.57. The molecular weight excluding hydrogens is 248 g/mol. The Bertz CT molecular complexity index is 547. The molecule has 0 aliphatic carbocycles. The third kappa shape index (κ3) is 1.81. The lowest BCUT2D eigenvalue weighted by Crippen LogP contribution is -2.31. The van der Waals surface area contributed by atoms with E-state index in [1.807, 2.05) is 16.0 Å². The summed E-state index contributed by atoms with van der Waals surface area (Å²) < 4.78 is 1.99. The molecule has 1 atom stereocenters. The fourth-order valence-electron chi connectivity index (χ4n) is 2.58. The minimum Gasteiger partial charge on any atom is -0.390 e. The largest absolute Gasteiger partial charge is 0.390 e. The van der Waals surface area contributed by atoms with E-state index < -0.39 is 0 Å². The van der Waals surface area contributed by atoms with E-state index in [1.165, 1.54) is 0 Å². The average Bonchev–Trinajstić information content (AvgIpc) is 3.02. The van der Waals surface area contributed by atoms with E-state index in [0.29, 0.717) is 6.04 Å². The maximum atomic E-state index is 9.57. The topological polar surface area (TPSA) is 44.0 Å². The molecule has 1 fully saturated rings. The second kappa shape index (κ2) is 4.53. The van der Waals surface area contributed by atoms with Crippen LogP contribution in [0.15, 0.2) is 11.6 Å². The van der Waals surface area contributed by atoms with Crippen LogP contribution >= 0.6 is 11.3 Å². The molecule has 0 amide bonds. The highest BCUT2D eigenvalue weighted by Gasteiger charge is 2.28. The Morgan fingerprint density at radius 3 is 3.06 bits per heavy atom. The Hall–Kier alpha value is -1.11. The van der Waals surface area contributed by atoms with E-state index >= 15 is 0 Å². The van der Waals surface area contributed by atoms with Crippen molar-refractivity contribution in [2.75, 3.05) is 32.1 Å². The number of thiazole rings is 1. The number of anilines is 1. The summed E-state index contributed by atoms with van der Waals surface area (Å²) in [7, 11) is 4.24. The zero-order valence-corrected chi connectivity index (χ0v) is 11.5. The SMILES string of the molecule is CN(C)C1CCN(c2nc3sccn3c2CO)C1. The molecule has 1 aliphatic rings. The second-order valence-electron chi connectivity index (χ2n) is 4.95. The summed E-state index contributed by atoms with van der Waals surface area (Å²) in [5.41, 5.74) is 0.908. The van der Waals surface area contributed by atoms with Gasteiger partial charge in [0.1, 0.15) is 0 Å². The van der Waals surface area contributed by atoms with Gasteiger partial charge in [0.05, 0.1) is 12.3 Å². The first kappa shape index (κ1) is 12.0. The molecule has 1 unspecified atom stereocenters. The molecule has 18 heavy (non-hydrogen) atoms. The molecule has 2 aromatic heterocycles. The van der Waals surface area contributed by atoms with E-state index in [0.717, 1.165) is 36.0 Å². The molecule has 98 valence electrons. The highest BCUT2D eigenvalue weighted by molar-refractivity contribution is 7.15. The predicted octanol–water partition coefficient (Wildman–Crippen LogP) is 1.03. The third-order valence-electron chi connectivity index (χ3n) is 3.68. The van der Waals surface area contributed by atoms with Crippen molar-refractivity contribution in [2.24, 2.45) is 0 Å². The normalized spacial score (nSPS) is 20.4. The Morgan fingerprint density at radius 2 is 2.39 bits per heavy atom. The van der Waals surface area contributed by atoms with Crippen molar-refractivity contribution >= 4 is 22.1 Å². The molecule has 3 heterocycles. The number of imidazole rings is 1. The van der Waals surface area contributed by atoms with Crippen LogP contribution in [0.1, 0.15) is 12.1 Å². The van der Waals surface area contributed by atoms with Gasteiger partial charge in [-0.3, -0.25) is 4.40 Å². The van der Waals surface area contributed by atoms with Gasteiger partial charge in [-0.1, -0.05) is 0 Å². The van der Waals surface area contributed by atoms with Gasteiger partial charge in [-0.2, -0.15) is 0 Å². The highest BCUT2D eigenvalue weighted by Crippen LogP contribution is 2.28. The van der Waals surface area contributed by atoms with E-state index in [-0.39, 0.29) is 6.61 Å². The van der Waals surface area contributed by atoms with Gasteiger partial charge in [0.25, 0.3) is 0 Å². The summed E-state index contributed by atoms with van der Waals surface area (Å²) in [4.78, 5) is 10.2. The van der Waals surface area contributed by atoms with E-state index in [9.17, 15) is 5.11 Å². The summed E-state index contributed by atoms with van der Waals surface area (Å²) in [6, 6.07) is 0.580. The quantitative estimate of drug-likeness (QED) is 0.901.